The maximum Gasteiger partial charge on any atom is 0.354 e. The lowest BCUT2D eigenvalue weighted by Crippen LogP contribution is -2.43. The van der Waals surface area contributed by atoms with Gasteiger partial charge in [-0.3, -0.25) is 9.36 Å². The van der Waals surface area contributed by atoms with Crippen LogP contribution in [0.25, 0.3) is 10.8 Å². The van der Waals surface area contributed by atoms with Crippen molar-refractivity contribution >= 4 is 28.4 Å². The third-order valence-electron chi connectivity index (χ3n) is 5.24. The van der Waals surface area contributed by atoms with Crippen molar-refractivity contribution in [2.45, 2.75) is 26.4 Å². The van der Waals surface area contributed by atoms with Gasteiger partial charge in [-0.25, -0.2) is 14.2 Å². The monoisotopic (exact) mass is 446 g/mol. The molecule has 0 aliphatic heterocycles. The average Bonchev–Trinajstić information content (AvgIpc) is 2.77. The number of carboxylic acids is 1. The molecule has 3 N–H and O–H groups in total. The van der Waals surface area contributed by atoms with E-state index in [2.05, 4.69) is 10.3 Å². The molecule has 4 rings (SSSR count). The standard InChI is InChI=1S/C24H22N4O5/c1-15-2-4-16(5-3-15)14-28-22(26-23(32)27(24(28)33)11-10-21(30)31)25-19-8-6-17-7-9-20(29)13-18(17)12-19/h2-9,12-13,29H,10-11,14H2,1H3,(H,30,31)(H,25,26,32). The highest BCUT2D eigenvalue weighted by Gasteiger charge is 2.15. The quantitative estimate of drug-likeness (QED) is 0.398. The van der Waals surface area contributed by atoms with Crippen LogP contribution in [0, 0.1) is 6.92 Å². The van der Waals surface area contributed by atoms with Crippen molar-refractivity contribution in [2.24, 2.45) is 0 Å². The van der Waals surface area contributed by atoms with Gasteiger partial charge in [-0.2, -0.15) is 4.98 Å². The molecule has 0 atom stereocenters. The van der Waals surface area contributed by atoms with Crippen LogP contribution in [0.5, 0.6) is 5.75 Å². The van der Waals surface area contributed by atoms with Crippen LogP contribution in [0.2, 0.25) is 0 Å². The number of carbonyl (C=O) groups is 1. The Morgan fingerprint density at radius 3 is 2.42 bits per heavy atom. The average molecular weight is 446 g/mol. The minimum atomic E-state index is -1.12. The summed E-state index contributed by atoms with van der Waals surface area (Å²) in [7, 11) is 0. The number of aromatic hydroxyl groups is 1. The highest BCUT2D eigenvalue weighted by Crippen LogP contribution is 2.24. The smallest absolute Gasteiger partial charge is 0.354 e. The van der Waals surface area contributed by atoms with Crippen LogP contribution in [-0.2, 0) is 17.9 Å². The van der Waals surface area contributed by atoms with Gasteiger partial charge >= 0.3 is 17.3 Å². The van der Waals surface area contributed by atoms with Crippen molar-refractivity contribution in [1.82, 2.24) is 14.1 Å². The molecule has 0 spiro atoms. The Hall–Kier alpha value is -4.40. The van der Waals surface area contributed by atoms with Crippen molar-refractivity contribution < 1.29 is 15.0 Å². The lowest BCUT2D eigenvalue weighted by molar-refractivity contribution is -0.137. The van der Waals surface area contributed by atoms with Crippen molar-refractivity contribution in [1.29, 1.82) is 0 Å². The fourth-order valence-electron chi connectivity index (χ4n) is 3.48. The largest absolute Gasteiger partial charge is 0.508 e. The highest BCUT2D eigenvalue weighted by molar-refractivity contribution is 5.87. The molecule has 0 bridgehead atoms. The SMILES string of the molecule is Cc1ccc(Cn2c(Nc3ccc4ccc(O)cc4c3)nc(=O)n(CCC(=O)O)c2=O)cc1. The second kappa shape index (κ2) is 8.99. The molecule has 1 heterocycles. The van der Waals surface area contributed by atoms with Gasteiger partial charge in [0.25, 0.3) is 0 Å². The van der Waals surface area contributed by atoms with E-state index in [9.17, 15) is 19.5 Å². The van der Waals surface area contributed by atoms with Gasteiger partial charge in [0.15, 0.2) is 0 Å². The lowest BCUT2D eigenvalue weighted by Gasteiger charge is -2.16. The van der Waals surface area contributed by atoms with E-state index in [-0.39, 0.29) is 31.2 Å². The first-order valence-electron chi connectivity index (χ1n) is 10.3. The molecule has 0 unspecified atom stereocenters. The minimum absolute atomic E-state index is 0.0386. The number of phenolic OH excluding ortho intramolecular Hbond substituents is 1. The molecular weight excluding hydrogens is 424 g/mol. The van der Waals surface area contributed by atoms with E-state index in [4.69, 9.17) is 5.11 Å². The first-order chi connectivity index (χ1) is 15.8. The number of nitrogens with one attached hydrogen (secondary N) is 1. The molecule has 9 nitrogen and oxygen atoms in total. The number of nitrogens with zero attached hydrogens (tertiary/aromatic N) is 3. The summed E-state index contributed by atoms with van der Waals surface area (Å²) >= 11 is 0. The Morgan fingerprint density at radius 1 is 0.970 bits per heavy atom. The molecule has 0 aliphatic rings. The zero-order valence-electron chi connectivity index (χ0n) is 17.9. The van der Waals surface area contributed by atoms with Gasteiger partial charge in [0.2, 0.25) is 5.95 Å². The Balaban J connectivity index is 1.78. The summed E-state index contributed by atoms with van der Waals surface area (Å²) in [6.45, 7) is 1.81. The van der Waals surface area contributed by atoms with Gasteiger partial charge in [0, 0.05) is 12.2 Å². The van der Waals surface area contributed by atoms with Crippen LogP contribution in [0.15, 0.2) is 70.3 Å². The summed E-state index contributed by atoms with van der Waals surface area (Å²) in [5.74, 6) is -0.959. The van der Waals surface area contributed by atoms with E-state index in [1.54, 1.807) is 30.3 Å². The molecule has 9 heteroatoms. The number of aryl methyl sites for hydroxylation is 1. The zero-order valence-corrected chi connectivity index (χ0v) is 17.9. The normalized spacial score (nSPS) is 10.9. The number of aromatic nitrogens is 3. The van der Waals surface area contributed by atoms with E-state index in [0.717, 1.165) is 26.5 Å². The first kappa shape index (κ1) is 21.8. The summed E-state index contributed by atoms with van der Waals surface area (Å²) in [4.78, 5) is 40.7. The van der Waals surface area contributed by atoms with E-state index >= 15 is 0 Å². The molecule has 33 heavy (non-hydrogen) atoms. The third-order valence-corrected chi connectivity index (χ3v) is 5.24. The van der Waals surface area contributed by atoms with Crippen LogP contribution < -0.4 is 16.7 Å². The van der Waals surface area contributed by atoms with Crippen molar-refractivity contribution in [3.05, 3.63) is 92.8 Å². The fourth-order valence-corrected chi connectivity index (χ4v) is 3.48. The van der Waals surface area contributed by atoms with Crippen molar-refractivity contribution in [3.63, 3.8) is 0 Å². The van der Waals surface area contributed by atoms with Crippen LogP contribution in [0.3, 0.4) is 0 Å². The van der Waals surface area contributed by atoms with Crippen LogP contribution in [0.1, 0.15) is 17.5 Å². The summed E-state index contributed by atoms with van der Waals surface area (Å²) in [6.07, 6.45) is -0.373. The van der Waals surface area contributed by atoms with Crippen LogP contribution in [-0.4, -0.2) is 30.3 Å². The lowest BCUT2D eigenvalue weighted by atomic mass is 10.1. The van der Waals surface area contributed by atoms with Crippen molar-refractivity contribution in [2.75, 3.05) is 5.32 Å². The maximum absolute atomic E-state index is 13.2. The zero-order chi connectivity index (χ0) is 23.5. The van der Waals surface area contributed by atoms with E-state index in [1.807, 2.05) is 37.3 Å². The molecule has 1 aromatic heterocycles. The predicted octanol–water partition coefficient (Wildman–Crippen LogP) is 2.84. The minimum Gasteiger partial charge on any atom is -0.508 e. The van der Waals surface area contributed by atoms with Gasteiger partial charge < -0.3 is 15.5 Å². The molecule has 3 aromatic carbocycles. The first-order valence-corrected chi connectivity index (χ1v) is 10.3. The van der Waals surface area contributed by atoms with Gasteiger partial charge in [-0.15, -0.1) is 0 Å². The number of benzene rings is 3. The van der Waals surface area contributed by atoms with Gasteiger partial charge in [-0.05, 0) is 47.5 Å². The highest BCUT2D eigenvalue weighted by atomic mass is 16.4. The molecule has 0 radical (unpaired) electrons. The Morgan fingerprint density at radius 2 is 1.70 bits per heavy atom. The van der Waals surface area contributed by atoms with E-state index in [0.29, 0.717) is 5.69 Å². The summed E-state index contributed by atoms with van der Waals surface area (Å²) in [6, 6.07) is 17.9. The predicted molar refractivity (Wildman–Crippen MR) is 124 cm³/mol. The number of fused-ring (bicyclic) bond motifs is 1. The van der Waals surface area contributed by atoms with Crippen LogP contribution >= 0.6 is 0 Å². The van der Waals surface area contributed by atoms with Crippen LogP contribution in [0.4, 0.5) is 11.6 Å². The second-order valence-electron chi connectivity index (χ2n) is 7.74. The van der Waals surface area contributed by atoms with Crippen molar-refractivity contribution in [3.8, 4) is 5.75 Å². The molecule has 0 fully saturated rings. The number of carboxylic acid groups (broad SMARTS) is 1. The molecule has 0 saturated heterocycles. The molecule has 0 saturated carbocycles. The molecule has 0 amide bonds. The summed E-state index contributed by atoms with van der Waals surface area (Å²) < 4.78 is 2.13. The third kappa shape index (κ3) is 4.93. The number of hydrogen-bond donors (Lipinski definition) is 3. The fraction of sp³-hybridized carbons (Fsp3) is 0.167. The Bertz CT molecular complexity index is 1450. The van der Waals surface area contributed by atoms with Gasteiger partial charge in [-0.1, -0.05) is 42.0 Å². The maximum atomic E-state index is 13.2. The number of hydrogen-bond acceptors (Lipinski definition) is 6. The van der Waals surface area contributed by atoms with Gasteiger partial charge in [0.1, 0.15) is 5.75 Å². The molecule has 0 aliphatic carbocycles. The molecule has 168 valence electrons. The van der Waals surface area contributed by atoms with E-state index < -0.39 is 17.3 Å². The Labute approximate surface area is 188 Å². The van der Waals surface area contributed by atoms with E-state index in [1.165, 1.54) is 4.57 Å². The number of phenols is 1. The van der Waals surface area contributed by atoms with Gasteiger partial charge in [0.05, 0.1) is 13.0 Å². The summed E-state index contributed by atoms with van der Waals surface area (Å²) in [5, 5.41) is 23.4. The number of aliphatic carboxylic acids is 1. The molecule has 4 aromatic rings. The molecular formula is C24H22N4O5. The second-order valence-corrected chi connectivity index (χ2v) is 7.74. The topological polar surface area (TPSA) is 126 Å². The number of anilines is 2. The summed E-state index contributed by atoms with van der Waals surface area (Å²) in [5.41, 5.74) is 0.966. The Kier molecular flexibility index (Phi) is 5.95. The number of rotatable bonds is 7.